The lowest BCUT2D eigenvalue weighted by molar-refractivity contribution is 0.270. The van der Waals surface area contributed by atoms with Crippen LogP contribution in [0.15, 0.2) is 12.4 Å². The summed E-state index contributed by atoms with van der Waals surface area (Å²) in [4.78, 5) is 10.2. The highest BCUT2D eigenvalue weighted by molar-refractivity contribution is 7.96. The first-order valence-electron chi connectivity index (χ1n) is 2.28. The van der Waals surface area contributed by atoms with Gasteiger partial charge >= 0.3 is 0 Å². The highest BCUT2D eigenvalue weighted by atomic mass is 32.1. The van der Waals surface area contributed by atoms with E-state index in [0.29, 0.717) is 5.69 Å². The van der Waals surface area contributed by atoms with E-state index in [4.69, 9.17) is 0 Å². The van der Waals surface area contributed by atoms with Gasteiger partial charge < -0.3 is 5.32 Å². The van der Waals surface area contributed by atoms with Crippen LogP contribution >= 0.6 is 12.6 Å². The molecule has 0 aliphatic heterocycles. The van der Waals surface area contributed by atoms with Gasteiger partial charge in [-0.05, 0) is 0 Å². The standard InChI is InChI=1S/C4H5N3OS/c8-4(9)7-3-1-5-6-2-3/h1-2H,(H,5,6)(H2,7,8,9). The molecule has 5 heteroatoms. The van der Waals surface area contributed by atoms with Crippen molar-refractivity contribution in [1.82, 2.24) is 10.2 Å². The summed E-state index contributed by atoms with van der Waals surface area (Å²) < 4.78 is 0. The van der Waals surface area contributed by atoms with Gasteiger partial charge in [0, 0.05) is 6.20 Å². The maximum atomic E-state index is 10.2. The third-order valence-electron chi connectivity index (χ3n) is 0.749. The van der Waals surface area contributed by atoms with Crippen LogP contribution in [0.1, 0.15) is 0 Å². The predicted molar refractivity (Wildman–Crippen MR) is 36.6 cm³/mol. The molecule has 1 heterocycles. The van der Waals surface area contributed by atoms with Crippen LogP contribution in [0.5, 0.6) is 0 Å². The topological polar surface area (TPSA) is 57.8 Å². The molecule has 0 saturated heterocycles. The van der Waals surface area contributed by atoms with Crippen molar-refractivity contribution in [1.29, 1.82) is 0 Å². The molecule has 0 fully saturated rings. The summed E-state index contributed by atoms with van der Waals surface area (Å²) in [6.45, 7) is 0. The molecule has 0 aliphatic carbocycles. The van der Waals surface area contributed by atoms with Gasteiger partial charge in [0.15, 0.2) is 0 Å². The van der Waals surface area contributed by atoms with Gasteiger partial charge in [-0.2, -0.15) is 5.10 Å². The molecule has 0 spiro atoms. The monoisotopic (exact) mass is 143 g/mol. The Bertz CT molecular complexity index is 196. The van der Waals surface area contributed by atoms with Crippen LogP contribution in [0.2, 0.25) is 0 Å². The number of hydrogen-bond acceptors (Lipinski definition) is 2. The number of carbonyl (C=O) groups excluding carboxylic acids is 1. The first-order chi connectivity index (χ1) is 4.29. The summed E-state index contributed by atoms with van der Waals surface area (Å²) >= 11 is 3.49. The molecule has 9 heavy (non-hydrogen) atoms. The number of anilines is 1. The van der Waals surface area contributed by atoms with Crippen LogP contribution in [-0.4, -0.2) is 15.4 Å². The minimum absolute atomic E-state index is 0.392. The third kappa shape index (κ3) is 1.77. The number of amides is 1. The number of aromatic nitrogens is 2. The minimum Gasteiger partial charge on any atom is -0.314 e. The molecule has 1 aromatic rings. The Morgan fingerprint density at radius 1 is 1.89 bits per heavy atom. The third-order valence-corrected chi connectivity index (χ3v) is 0.861. The van der Waals surface area contributed by atoms with Crippen LogP contribution in [-0.2, 0) is 0 Å². The molecule has 4 nitrogen and oxygen atoms in total. The fourth-order valence-electron chi connectivity index (χ4n) is 0.443. The number of rotatable bonds is 1. The molecule has 0 atom stereocenters. The van der Waals surface area contributed by atoms with E-state index in [1.807, 2.05) is 0 Å². The van der Waals surface area contributed by atoms with Gasteiger partial charge in [-0.3, -0.25) is 9.89 Å². The molecule has 1 amide bonds. The largest absolute Gasteiger partial charge is 0.314 e. The zero-order chi connectivity index (χ0) is 6.69. The van der Waals surface area contributed by atoms with Crippen molar-refractivity contribution in [2.75, 3.05) is 5.32 Å². The number of aromatic amines is 1. The molecule has 0 aromatic carbocycles. The van der Waals surface area contributed by atoms with E-state index >= 15 is 0 Å². The zero-order valence-corrected chi connectivity index (χ0v) is 5.35. The van der Waals surface area contributed by atoms with E-state index in [9.17, 15) is 4.79 Å². The molecule has 2 N–H and O–H groups in total. The molecule has 0 unspecified atom stereocenters. The SMILES string of the molecule is O=C(S)Nc1cn[nH]c1. The molecule has 1 rings (SSSR count). The summed E-state index contributed by atoms with van der Waals surface area (Å²) in [6, 6.07) is 0. The number of nitrogens with one attached hydrogen (secondary N) is 2. The van der Waals surface area contributed by atoms with E-state index in [1.54, 1.807) is 6.20 Å². The highest BCUT2D eigenvalue weighted by Gasteiger charge is 1.93. The van der Waals surface area contributed by atoms with Gasteiger partial charge in [0.05, 0.1) is 11.9 Å². The Kier molecular flexibility index (Phi) is 1.74. The summed E-state index contributed by atoms with van der Waals surface area (Å²) in [5.74, 6) is 0. The zero-order valence-electron chi connectivity index (χ0n) is 4.46. The fraction of sp³-hybridized carbons (Fsp3) is 0. The number of carbonyl (C=O) groups is 1. The lowest BCUT2D eigenvalue weighted by atomic mass is 10.6. The molecule has 0 saturated carbocycles. The lowest BCUT2D eigenvalue weighted by Crippen LogP contribution is -1.98. The van der Waals surface area contributed by atoms with Crippen LogP contribution in [0, 0.1) is 0 Å². The number of nitrogens with zero attached hydrogens (tertiary/aromatic N) is 1. The molecule has 0 bridgehead atoms. The fourth-order valence-corrected chi connectivity index (χ4v) is 0.572. The second-order valence-corrected chi connectivity index (χ2v) is 1.82. The second-order valence-electron chi connectivity index (χ2n) is 1.42. The van der Waals surface area contributed by atoms with Gasteiger partial charge in [0.25, 0.3) is 5.24 Å². The van der Waals surface area contributed by atoms with Gasteiger partial charge in [0.1, 0.15) is 0 Å². The van der Waals surface area contributed by atoms with E-state index in [1.165, 1.54) is 6.20 Å². The first-order valence-corrected chi connectivity index (χ1v) is 2.72. The maximum absolute atomic E-state index is 10.2. The number of H-pyrrole nitrogens is 1. The summed E-state index contributed by atoms with van der Waals surface area (Å²) in [7, 11) is 0. The molecular formula is C4H5N3OS. The van der Waals surface area contributed by atoms with E-state index in [-0.39, 0.29) is 0 Å². The van der Waals surface area contributed by atoms with Gasteiger partial charge in [-0.1, -0.05) is 12.6 Å². The van der Waals surface area contributed by atoms with E-state index in [2.05, 4.69) is 28.1 Å². The number of thiol groups is 1. The Labute approximate surface area is 57.1 Å². The maximum Gasteiger partial charge on any atom is 0.280 e. The molecule has 0 radical (unpaired) electrons. The molecular weight excluding hydrogens is 138 g/mol. The molecule has 48 valence electrons. The smallest absolute Gasteiger partial charge is 0.280 e. The van der Waals surface area contributed by atoms with Crippen molar-refractivity contribution in [2.45, 2.75) is 0 Å². The Hall–Kier alpha value is -0.970. The quantitative estimate of drug-likeness (QED) is 0.511. The second kappa shape index (κ2) is 2.54. The highest BCUT2D eigenvalue weighted by Crippen LogP contribution is 2.01. The van der Waals surface area contributed by atoms with Crippen molar-refractivity contribution in [2.24, 2.45) is 0 Å². The Morgan fingerprint density at radius 2 is 2.67 bits per heavy atom. The summed E-state index contributed by atoms with van der Waals surface area (Å²) in [5.41, 5.74) is 0.620. The minimum atomic E-state index is -0.392. The summed E-state index contributed by atoms with van der Waals surface area (Å²) in [5, 5.41) is 8.16. The van der Waals surface area contributed by atoms with Crippen molar-refractivity contribution in [3.63, 3.8) is 0 Å². The van der Waals surface area contributed by atoms with Crippen LogP contribution in [0.4, 0.5) is 10.5 Å². The van der Waals surface area contributed by atoms with Crippen LogP contribution < -0.4 is 5.32 Å². The average molecular weight is 143 g/mol. The van der Waals surface area contributed by atoms with Crippen molar-refractivity contribution < 1.29 is 4.79 Å². The normalized spacial score (nSPS) is 9.00. The van der Waals surface area contributed by atoms with Crippen LogP contribution in [0.25, 0.3) is 0 Å². The van der Waals surface area contributed by atoms with E-state index < -0.39 is 5.24 Å². The van der Waals surface area contributed by atoms with Crippen LogP contribution in [0.3, 0.4) is 0 Å². The van der Waals surface area contributed by atoms with Gasteiger partial charge in [0.2, 0.25) is 0 Å². The van der Waals surface area contributed by atoms with Gasteiger partial charge in [-0.15, -0.1) is 0 Å². The van der Waals surface area contributed by atoms with Crippen molar-refractivity contribution in [3.8, 4) is 0 Å². The lowest BCUT2D eigenvalue weighted by Gasteiger charge is -1.90. The van der Waals surface area contributed by atoms with E-state index in [0.717, 1.165) is 0 Å². The Morgan fingerprint density at radius 3 is 3.11 bits per heavy atom. The van der Waals surface area contributed by atoms with Crippen molar-refractivity contribution >= 4 is 23.6 Å². The number of hydrogen-bond donors (Lipinski definition) is 3. The first kappa shape index (κ1) is 6.15. The molecule has 1 aromatic heterocycles. The summed E-state index contributed by atoms with van der Waals surface area (Å²) in [6.07, 6.45) is 3.06. The molecule has 0 aliphatic rings. The average Bonchev–Trinajstić information content (AvgIpc) is 2.15. The predicted octanol–water partition coefficient (Wildman–Crippen LogP) is 0.871. The Balaban J connectivity index is 2.58. The van der Waals surface area contributed by atoms with Crippen molar-refractivity contribution in [3.05, 3.63) is 12.4 Å². The van der Waals surface area contributed by atoms with Gasteiger partial charge in [-0.25, -0.2) is 0 Å².